The van der Waals surface area contributed by atoms with Crippen LogP contribution in [0.2, 0.25) is 5.02 Å². The molecule has 0 aliphatic rings. The first-order valence-electron chi connectivity index (χ1n) is 5.97. The van der Waals surface area contributed by atoms with Crippen LogP contribution >= 0.6 is 11.6 Å². The number of hydrogen-bond acceptors (Lipinski definition) is 4. The quantitative estimate of drug-likeness (QED) is 0.741. The molecule has 5 heteroatoms. The molecule has 0 saturated carbocycles. The van der Waals surface area contributed by atoms with Crippen LogP contribution in [0.4, 0.5) is 0 Å². The maximum Gasteiger partial charge on any atom is 0.191 e. The Labute approximate surface area is 112 Å². The molecule has 102 valence electrons. The third-order valence-electron chi connectivity index (χ3n) is 2.29. The van der Waals surface area contributed by atoms with Crippen molar-refractivity contribution in [3.05, 3.63) is 28.8 Å². The average Bonchev–Trinajstić information content (AvgIpc) is 2.37. The summed E-state index contributed by atoms with van der Waals surface area (Å²) in [4.78, 5) is 0. The fraction of sp³-hybridized carbons (Fsp3) is 0.538. The minimum absolute atomic E-state index is 0.121. The summed E-state index contributed by atoms with van der Waals surface area (Å²) in [6.45, 7) is 4.98. The molecule has 0 heterocycles. The minimum Gasteiger partial charge on any atom is -0.486 e. The molecule has 1 aromatic rings. The van der Waals surface area contributed by atoms with Crippen LogP contribution in [0.1, 0.15) is 19.4 Å². The van der Waals surface area contributed by atoms with Gasteiger partial charge in [0.15, 0.2) is 6.29 Å². The predicted molar refractivity (Wildman–Crippen MR) is 69.9 cm³/mol. The van der Waals surface area contributed by atoms with E-state index >= 15 is 0 Å². The molecule has 4 nitrogen and oxygen atoms in total. The number of ether oxygens (including phenoxy) is 3. The molecule has 18 heavy (non-hydrogen) atoms. The van der Waals surface area contributed by atoms with Gasteiger partial charge in [-0.15, -0.1) is 0 Å². The van der Waals surface area contributed by atoms with E-state index in [2.05, 4.69) is 0 Å². The standard InChI is InChI=1S/C13H19ClO4/c1-3-16-12(17-4-2)9-18-13-10(8-15)6-5-7-11(13)14/h5-7,12,15H,3-4,8-9H2,1-2H3. The van der Waals surface area contributed by atoms with Crippen LogP contribution in [-0.2, 0) is 16.1 Å². The summed E-state index contributed by atoms with van der Waals surface area (Å²) in [5, 5.41) is 9.68. The van der Waals surface area contributed by atoms with Crippen molar-refractivity contribution >= 4 is 11.6 Å². The molecule has 1 aromatic carbocycles. The Morgan fingerprint density at radius 1 is 1.22 bits per heavy atom. The van der Waals surface area contributed by atoms with Crippen LogP contribution < -0.4 is 4.74 Å². The van der Waals surface area contributed by atoms with Gasteiger partial charge in [0.05, 0.1) is 11.6 Å². The van der Waals surface area contributed by atoms with Gasteiger partial charge in [-0.05, 0) is 19.9 Å². The van der Waals surface area contributed by atoms with E-state index in [-0.39, 0.29) is 13.2 Å². The highest BCUT2D eigenvalue weighted by Crippen LogP contribution is 2.28. The normalized spacial score (nSPS) is 10.9. The van der Waals surface area contributed by atoms with Gasteiger partial charge < -0.3 is 19.3 Å². The maximum atomic E-state index is 9.21. The lowest BCUT2D eigenvalue weighted by atomic mass is 10.2. The highest BCUT2D eigenvalue weighted by atomic mass is 35.5. The Hall–Kier alpha value is -0.810. The van der Waals surface area contributed by atoms with Crippen LogP contribution in [0, 0.1) is 0 Å². The second kappa shape index (κ2) is 8.32. The zero-order chi connectivity index (χ0) is 13.4. The molecule has 0 unspecified atom stereocenters. The van der Waals surface area contributed by atoms with E-state index in [1.807, 2.05) is 13.8 Å². The molecule has 0 aromatic heterocycles. The van der Waals surface area contributed by atoms with Crippen molar-refractivity contribution in [3.8, 4) is 5.75 Å². The number of halogens is 1. The van der Waals surface area contributed by atoms with E-state index in [0.29, 0.717) is 29.5 Å². The Kier molecular flexibility index (Phi) is 7.05. The number of rotatable bonds is 8. The minimum atomic E-state index is -0.428. The molecule has 1 N–H and O–H groups in total. The summed E-state index contributed by atoms with van der Waals surface area (Å²) in [5.41, 5.74) is 0.647. The smallest absolute Gasteiger partial charge is 0.191 e. The monoisotopic (exact) mass is 274 g/mol. The van der Waals surface area contributed by atoms with Gasteiger partial charge in [0, 0.05) is 18.8 Å². The zero-order valence-corrected chi connectivity index (χ0v) is 11.4. The molecule has 0 aliphatic carbocycles. The lowest BCUT2D eigenvalue weighted by molar-refractivity contribution is -0.152. The molecule has 0 saturated heterocycles. The first kappa shape index (κ1) is 15.2. The van der Waals surface area contributed by atoms with Crippen LogP contribution in [0.5, 0.6) is 5.75 Å². The maximum absolute atomic E-state index is 9.21. The van der Waals surface area contributed by atoms with Crippen molar-refractivity contribution in [3.63, 3.8) is 0 Å². The number of aliphatic hydroxyl groups excluding tert-OH is 1. The van der Waals surface area contributed by atoms with Crippen molar-refractivity contribution in [1.82, 2.24) is 0 Å². The average molecular weight is 275 g/mol. The van der Waals surface area contributed by atoms with Crippen molar-refractivity contribution in [1.29, 1.82) is 0 Å². The lowest BCUT2D eigenvalue weighted by Gasteiger charge is -2.19. The van der Waals surface area contributed by atoms with E-state index in [1.165, 1.54) is 0 Å². The lowest BCUT2D eigenvalue weighted by Crippen LogP contribution is -2.25. The molecular formula is C13H19ClO4. The van der Waals surface area contributed by atoms with Crippen LogP contribution in [0.3, 0.4) is 0 Å². The summed E-state index contributed by atoms with van der Waals surface area (Å²) >= 11 is 6.03. The van der Waals surface area contributed by atoms with Crippen LogP contribution in [-0.4, -0.2) is 31.2 Å². The molecule has 0 fully saturated rings. The summed E-state index contributed by atoms with van der Waals surface area (Å²) in [5.74, 6) is 0.478. The largest absolute Gasteiger partial charge is 0.486 e. The number of para-hydroxylation sites is 1. The molecule has 0 radical (unpaired) electrons. The topological polar surface area (TPSA) is 47.9 Å². The SMILES string of the molecule is CCOC(COc1c(Cl)cccc1CO)OCC. The van der Waals surface area contributed by atoms with E-state index in [1.54, 1.807) is 18.2 Å². The summed E-state index contributed by atoms with van der Waals surface area (Å²) < 4.78 is 16.3. The first-order valence-corrected chi connectivity index (χ1v) is 6.34. The summed E-state index contributed by atoms with van der Waals surface area (Å²) in [6, 6.07) is 5.24. The van der Waals surface area contributed by atoms with Gasteiger partial charge in [0.2, 0.25) is 0 Å². The molecule has 0 spiro atoms. The molecule has 0 amide bonds. The van der Waals surface area contributed by atoms with Gasteiger partial charge >= 0.3 is 0 Å². The van der Waals surface area contributed by atoms with Crippen molar-refractivity contribution in [2.24, 2.45) is 0 Å². The molecule has 0 bridgehead atoms. The van der Waals surface area contributed by atoms with E-state index < -0.39 is 6.29 Å². The zero-order valence-electron chi connectivity index (χ0n) is 10.7. The predicted octanol–water partition coefficient (Wildman–Crippen LogP) is 2.61. The molecule has 0 aliphatic heterocycles. The van der Waals surface area contributed by atoms with Crippen LogP contribution in [0.15, 0.2) is 18.2 Å². The number of hydrogen-bond donors (Lipinski definition) is 1. The fourth-order valence-electron chi connectivity index (χ4n) is 1.51. The second-order valence-corrected chi connectivity index (χ2v) is 3.94. The first-order chi connectivity index (χ1) is 8.72. The second-order valence-electron chi connectivity index (χ2n) is 3.54. The van der Waals surface area contributed by atoms with Gasteiger partial charge in [0.1, 0.15) is 12.4 Å². The summed E-state index contributed by atoms with van der Waals surface area (Å²) in [7, 11) is 0. The van der Waals surface area contributed by atoms with E-state index in [0.717, 1.165) is 0 Å². The highest BCUT2D eigenvalue weighted by Gasteiger charge is 2.13. The van der Waals surface area contributed by atoms with Gasteiger partial charge in [-0.2, -0.15) is 0 Å². The van der Waals surface area contributed by atoms with Gasteiger partial charge in [0.25, 0.3) is 0 Å². The highest BCUT2D eigenvalue weighted by molar-refractivity contribution is 6.32. The fourth-order valence-corrected chi connectivity index (χ4v) is 1.76. The van der Waals surface area contributed by atoms with Crippen molar-refractivity contribution < 1.29 is 19.3 Å². The Bertz CT molecular complexity index is 351. The third kappa shape index (κ3) is 4.46. The van der Waals surface area contributed by atoms with Gasteiger partial charge in [-0.25, -0.2) is 0 Å². The molecular weight excluding hydrogens is 256 g/mol. The van der Waals surface area contributed by atoms with Crippen molar-refractivity contribution in [2.45, 2.75) is 26.7 Å². The molecule has 1 rings (SSSR count). The van der Waals surface area contributed by atoms with E-state index in [9.17, 15) is 5.11 Å². The van der Waals surface area contributed by atoms with Gasteiger partial charge in [-0.1, -0.05) is 23.7 Å². The Morgan fingerprint density at radius 3 is 2.44 bits per heavy atom. The van der Waals surface area contributed by atoms with Crippen LogP contribution in [0.25, 0.3) is 0 Å². The van der Waals surface area contributed by atoms with Crippen molar-refractivity contribution in [2.75, 3.05) is 19.8 Å². The Balaban J connectivity index is 2.66. The Morgan fingerprint density at radius 2 is 1.89 bits per heavy atom. The third-order valence-corrected chi connectivity index (χ3v) is 2.59. The summed E-state index contributed by atoms with van der Waals surface area (Å²) in [6.07, 6.45) is -0.428. The van der Waals surface area contributed by atoms with Gasteiger partial charge in [-0.3, -0.25) is 0 Å². The van der Waals surface area contributed by atoms with E-state index in [4.69, 9.17) is 25.8 Å². The number of benzene rings is 1. The number of aliphatic hydroxyl groups is 1. The molecule has 0 atom stereocenters.